The molecule has 1 N–H and O–H groups in total. The van der Waals surface area contributed by atoms with Crippen molar-refractivity contribution in [2.75, 3.05) is 24.2 Å². The smallest absolute Gasteiger partial charge is 0.242 e. The van der Waals surface area contributed by atoms with Crippen molar-refractivity contribution in [3.8, 4) is 5.75 Å². The summed E-state index contributed by atoms with van der Waals surface area (Å²) in [4.78, 5) is 27.8. The van der Waals surface area contributed by atoms with Gasteiger partial charge in [-0.15, -0.1) is 0 Å². The van der Waals surface area contributed by atoms with Gasteiger partial charge in [0.15, 0.2) is 0 Å². The minimum Gasteiger partial charge on any atom is -0.495 e. The van der Waals surface area contributed by atoms with E-state index in [1.54, 1.807) is 36.1 Å². The Balaban J connectivity index is 2.20. The zero-order valence-corrected chi connectivity index (χ0v) is 23.9. The van der Waals surface area contributed by atoms with Crippen LogP contribution in [-0.2, 0) is 26.2 Å². The number of hydrogen-bond donors (Lipinski definition) is 1. The molecule has 0 heterocycles. The topological polar surface area (TPSA) is 96.0 Å². The lowest BCUT2D eigenvalue weighted by atomic mass is 10.1. The van der Waals surface area contributed by atoms with Gasteiger partial charge in [-0.2, -0.15) is 0 Å². The number of halogens is 1. The lowest BCUT2D eigenvalue weighted by molar-refractivity contribution is -0.140. The van der Waals surface area contributed by atoms with Gasteiger partial charge in [0.1, 0.15) is 11.8 Å². The number of rotatable bonds is 13. The number of sulfonamides is 1. The minimum absolute atomic E-state index is 0.00746. The third-order valence-electron chi connectivity index (χ3n) is 5.92. The minimum atomic E-state index is -3.61. The Morgan fingerprint density at radius 1 is 1.11 bits per heavy atom. The van der Waals surface area contributed by atoms with E-state index in [0.29, 0.717) is 11.4 Å². The van der Waals surface area contributed by atoms with Crippen LogP contribution in [0.25, 0.3) is 0 Å². The summed E-state index contributed by atoms with van der Waals surface area (Å²) in [6, 6.07) is 13.7. The van der Waals surface area contributed by atoms with E-state index >= 15 is 0 Å². The molecule has 0 saturated heterocycles. The molecule has 0 bridgehead atoms. The van der Waals surface area contributed by atoms with Crippen molar-refractivity contribution < 1.29 is 22.7 Å². The van der Waals surface area contributed by atoms with Gasteiger partial charge < -0.3 is 15.0 Å². The Bertz CT molecular complexity index is 1140. The van der Waals surface area contributed by atoms with Gasteiger partial charge in [0.25, 0.3) is 0 Å². The Morgan fingerprint density at radius 2 is 1.81 bits per heavy atom. The Hall–Kier alpha value is -2.59. The van der Waals surface area contributed by atoms with Crippen molar-refractivity contribution in [2.45, 2.75) is 58.7 Å². The maximum atomic E-state index is 13.4. The number of para-hydroxylation sites is 2. The third kappa shape index (κ3) is 8.51. The van der Waals surface area contributed by atoms with Crippen LogP contribution in [0.15, 0.2) is 53.0 Å². The number of nitrogens with zero attached hydrogens (tertiary/aromatic N) is 2. The summed E-state index contributed by atoms with van der Waals surface area (Å²) in [7, 11) is -2.13. The van der Waals surface area contributed by atoms with Gasteiger partial charge in [0, 0.05) is 30.0 Å². The van der Waals surface area contributed by atoms with Crippen molar-refractivity contribution in [2.24, 2.45) is 0 Å². The fraction of sp³-hybridized carbons (Fsp3) is 0.462. The lowest BCUT2D eigenvalue weighted by Gasteiger charge is -2.30. The number of ether oxygens (including phenoxy) is 1. The number of amides is 2. The molecule has 8 nitrogen and oxygen atoms in total. The Labute approximate surface area is 223 Å². The second-order valence-corrected chi connectivity index (χ2v) is 11.6. The average molecular weight is 583 g/mol. The number of carbonyl (C=O) groups excluding carboxylic acids is 2. The Morgan fingerprint density at radius 3 is 2.42 bits per heavy atom. The van der Waals surface area contributed by atoms with E-state index in [-0.39, 0.29) is 43.8 Å². The van der Waals surface area contributed by atoms with Crippen LogP contribution < -0.4 is 14.4 Å². The van der Waals surface area contributed by atoms with E-state index in [1.165, 1.54) is 11.4 Å². The van der Waals surface area contributed by atoms with Crippen LogP contribution in [0.5, 0.6) is 5.75 Å². The summed E-state index contributed by atoms with van der Waals surface area (Å²) in [6.45, 7) is 5.97. The molecule has 198 valence electrons. The first kappa shape index (κ1) is 29.6. The third-order valence-corrected chi connectivity index (χ3v) is 7.59. The van der Waals surface area contributed by atoms with Gasteiger partial charge in [0.05, 0.1) is 19.1 Å². The summed E-state index contributed by atoms with van der Waals surface area (Å²) in [5, 5.41) is 2.95. The van der Waals surface area contributed by atoms with Crippen LogP contribution in [0.3, 0.4) is 0 Å². The lowest BCUT2D eigenvalue weighted by Crippen LogP contribution is -2.49. The molecular formula is C26H36BrN3O5S. The molecule has 0 aliphatic heterocycles. The molecule has 36 heavy (non-hydrogen) atoms. The first-order chi connectivity index (χ1) is 17.0. The van der Waals surface area contributed by atoms with Crippen molar-refractivity contribution in [1.82, 2.24) is 10.2 Å². The van der Waals surface area contributed by atoms with E-state index < -0.39 is 16.1 Å². The molecule has 0 fully saturated rings. The second-order valence-electron chi connectivity index (χ2n) is 8.76. The number of hydrogen-bond acceptors (Lipinski definition) is 5. The number of methoxy groups -OCH3 is 1. The van der Waals surface area contributed by atoms with Crippen molar-refractivity contribution in [3.05, 3.63) is 58.6 Å². The maximum absolute atomic E-state index is 13.4. The van der Waals surface area contributed by atoms with Gasteiger partial charge in [-0.25, -0.2) is 8.42 Å². The molecule has 2 atom stereocenters. The first-order valence-corrected chi connectivity index (χ1v) is 14.6. The molecule has 0 aliphatic rings. The highest BCUT2D eigenvalue weighted by molar-refractivity contribution is 9.10. The molecule has 10 heteroatoms. The van der Waals surface area contributed by atoms with E-state index in [0.717, 1.165) is 22.7 Å². The van der Waals surface area contributed by atoms with Crippen molar-refractivity contribution >= 4 is 43.5 Å². The highest BCUT2D eigenvalue weighted by Crippen LogP contribution is 2.29. The summed E-state index contributed by atoms with van der Waals surface area (Å²) in [5.41, 5.74) is 1.30. The van der Waals surface area contributed by atoms with Crippen molar-refractivity contribution in [1.29, 1.82) is 0 Å². The molecule has 2 rings (SSSR count). The maximum Gasteiger partial charge on any atom is 0.242 e. The highest BCUT2D eigenvalue weighted by atomic mass is 79.9. The summed E-state index contributed by atoms with van der Waals surface area (Å²) < 4.78 is 32.5. The monoisotopic (exact) mass is 581 g/mol. The first-order valence-electron chi connectivity index (χ1n) is 11.9. The molecule has 2 aromatic rings. The standard InChI is InChI=1S/C26H36BrN3O5S/c1-6-19(2)28-26(32)20(3)29(18-21-11-9-12-22(27)17-21)25(31)15-10-16-30(36(5,33)34)23-13-7-8-14-24(23)35-4/h7-9,11-14,17,19-20H,6,10,15-16,18H2,1-5H3,(H,28,32)/t19-,20+/m0/s1. The largest absolute Gasteiger partial charge is 0.495 e. The summed E-state index contributed by atoms with van der Waals surface area (Å²) >= 11 is 3.45. The molecule has 0 unspecified atom stereocenters. The summed E-state index contributed by atoms with van der Waals surface area (Å²) in [5.74, 6) is -0.0180. The SMILES string of the molecule is CC[C@H](C)NC(=O)[C@@H](C)N(Cc1cccc(Br)c1)C(=O)CCCN(c1ccccc1OC)S(C)(=O)=O. The van der Waals surface area contributed by atoms with E-state index in [2.05, 4.69) is 21.2 Å². The van der Waals surface area contributed by atoms with Gasteiger partial charge in [-0.05, 0) is 56.5 Å². The predicted octanol–water partition coefficient (Wildman–Crippen LogP) is 4.34. The van der Waals surface area contributed by atoms with Gasteiger partial charge >= 0.3 is 0 Å². The molecule has 2 aromatic carbocycles. The van der Waals surface area contributed by atoms with E-state index in [1.807, 2.05) is 38.1 Å². The fourth-order valence-corrected chi connectivity index (χ4v) is 5.11. The van der Waals surface area contributed by atoms with Crippen LogP contribution in [0, 0.1) is 0 Å². The van der Waals surface area contributed by atoms with Crippen LogP contribution in [0.1, 0.15) is 45.6 Å². The summed E-state index contributed by atoms with van der Waals surface area (Å²) in [6.07, 6.45) is 2.26. The Kier molecular flexibility index (Phi) is 11.2. The quantitative estimate of drug-likeness (QED) is 0.379. The number of nitrogens with one attached hydrogen (secondary N) is 1. The molecule has 2 amide bonds. The van der Waals surface area contributed by atoms with Crippen LogP contribution in [0.4, 0.5) is 5.69 Å². The zero-order chi connectivity index (χ0) is 26.9. The van der Waals surface area contributed by atoms with Gasteiger partial charge in [-0.1, -0.05) is 47.1 Å². The molecular weight excluding hydrogens is 546 g/mol. The number of anilines is 1. The van der Waals surface area contributed by atoms with E-state index in [4.69, 9.17) is 4.74 Å². The second kappa shape index (κ2) is 13.6. The molecule has 0 saturated carbocycles. The predicted molar refractivity (Wildman–Crippen MR) is 146 cm³/mol. The fourth-order valence-electron chi connectivity index (χ4n) is 3.70. The molecule has 0 aromatic heterocycles. The van der Waals surface area contributed by atoms with Crippen LogP contribution >= 0.6 is 15.9 Å². The van der Waals surface area contributed by atoms with Crippen LogP contribution in [0.2, 0.25) is 0 Å². The zero-order valence-electron chi connectivity index (χ0n) is 21.5. The highest BCUT2D eigenvalue weighted by Gasteiger charge is 2.27. The normalized spacial score (nSPS) is 12.9. The van der Waals surface area contributed by atoms with E-state index in [9.17, 15) is 18.0 Å². The van der Waals surface area contributed by atoms with Crippen molar-refractivity contribution in [3.63, 3.8) is 0 Å². The number of benzene rings is 2. The molecule has 0 radical (unpaired) electrons. The number of carbonyl (C=O) groups is 2. The van der Waals surface area contributed by atoms with Crippen LogP contribution in [-0.4, -0.2) is 57.1 Å². The van der Waals surface area contributed by atoms with Gasteiger partial charge in [-0.3, -0.25) is 13.9 Å². The average Bonchev–Trinajstić information content (AvgIpc) is 2.83. The van der Waals surface area contributed by atoms with Gasteiger partial charge in [0.2, 0.25) is 21.8 Å². The molecule has 0 aliphatic carbocycles. The molecule has 0 spiro atoms.